The molecule has 1 spiro atoms. The van der Waals surface area contributed by atoms with Gasteiger partial charge in [-0.15, -0.1) is 0 Å². The van der Waals surface area contributed by atoms with E-state index in [0.717, 1.165) is 6.07 Å². The summed E-state index contributed by atoms with van der Waals surface area (Å²) < 4.78 is 55.5. The Labute approximate surface area is 201 Å². The molecule has 2 aromatic rings. The van der Waals surface area contributed by atoms with Crippen molar-refractivity contribution in [2.24, 2.45) is 0 Å². The zero-order valence-corrected chi connectivity index (χ0v) is 20.0. The number of hydrogen-bond acceptors (Lipinski definition) is 5. The molecule has 35 heavy (non-hydrogen) atoms. The first-order valence-electron chi connectivity index (χ1n) is 11.9. The lowest BCUT2D eigenvalue weighted by atomic mass is 9.76. The Hall–Kier alpha value is -2.75. The molecule has 1 saturated heterocycles. The molecule has 1 aromatic heterocycles. The first-order chi connectivity index (χ1) is 16.6. The van der Waals surface area contributed by atoms with Crippen LogP contribution in [0.5, 0.6) is 0 Å². The molecule has 1 aliphatic carbocycles. The number of benzene rings is 1. The number of aryl methyl sites for hydroxylation is 1. The number of carbonyl (C=O) groups excluding carboxylic acids is 1. The van der Waals surface area contributed by atoms with Crippen LogP contribution in [0.4, 0.5) is 23.4 Å². The fourth-order valence-corrected chi connectivity index (χ4v) is 5.58. The predicted molar refractivity (Wildman–Crippen MR) is 122 cm³/mol. The molecule has 2 aliphatic heterocycles. The molecule has 0 radical (unpaired) electrons. The number of carbonyl (C=O) groups is 1. The van der Waals surface area contributed by atoms with Crippen LogP contribution in [0.2, 0.25) is 0 Å². The summed E-state index contributed by atoms with van der Waals surface area (Å²) in [5, 5.41) is 3.20. The zero-order chi connectivity index (χ0) is 25.1. The second-order valence-electron chi connectivity index (χ2n) is 10.2. The molecule has 188 valence electrons. The van der Waals surface area contributed by atoms with Crippen LogP contribution in [0.1, 0.15) is 66.9 Å². The number of rotatable bonds is 6. The molecule has 3 aliphatic rings. The van der Waals surface area contributed by atoms with E-state index < -0.39 is 41.5 Å². The number of amides is 1. The van der Waals surface area contributed by atoms with Crippen molar-refractivity contribution in [3.05, 3.63) is 52.2 Å². The van der Waals surface area contributed by atoms with E-state index in [1.807, 2.05) is 7.05 Å². The van der Waals surface area contributed by atoms with Gasteiger partial charge in [-0.25, -0.2) is 27.5 Å². The lowest BCUT2D eigenvalue weighted by molar-refractivity contribution is -0.143. The van der Waals surface area contributed by atoms with E-state index in [1.165, 1.54) is 12.1 Å². The van der Waals surface area contributed by atoms with Crippen LogP contribution in [0.3, 0.4) is 0 Å². The first-order valence-corrected chi connectivity index (χ1v) is 11.9. The first kappa shape index (κ1) is 24.0. The van der Waals surface area contributed by atoms with Crippen LogP contribution >= 0.6 is 0 Å². The van der Waals surface area contributed by atoms with Crippen molar-refractivity contribution in [2.75, 3.05) is 32.1 Å². The summed E-state index contributed by atoms with van der Waals surface area (Å²) in [6, 6.07) is 3.25. The molecule has 1 aromatic carbocycles. The van der Waals surface area contributed by atoms with Gasteiger partial charge in [0.1, 0.15) is 29.5 Å². The van der Waals surface area contributed by atoms with Gasteiger partial charge in [-0.1, -0.05) is 18.2 Å². The minimum absolute atomic E-state index is 0.0919. The minimum atomic E-state index is -2.93. The number of nitrogens with zero attached hydrogens (tertiary/aromatic N) is 4. The number of likely N-dealkylation sites (N-methyl/N-ethyl adjacent to an activating group) is 1. The highest BCUT2D eigenvalue weighted by atomic mass is 19.3. The van der Waals surface area contributed by atoms with Gasteiger partial charge in [0.2, 0.25) is 5.91 Å². The van der Waals surface area contributed by atoms with Crippen LogP contribution in [-0.4, -0.2) is 58.0 Å². The van der Waals surface area contributed by atoms with Gasteiger partial charge in [0.15, 0.2) is 0 Å². The Morgan fingerprint density at radius 3 is 2.49 bits per heavy atom. The fraction of sp³-hybridized carbons (Fsp3) is 0.560. The van der Waals surface area contributed by atoms with Gasteiger partial charge < -0.3 is 15.1 Å². The normalized spacial score (nSPS) is 24.2. The van der Waals surface area contributed by atoms with Crippen LogP contribution < -0.4 is 5.32 Å². The number of fused-ring (bicyclic) bond motifs is 2. The van der Waals surface area contributed by atoms with Crippen LogP contribution in [0.25, 0.3) is 0 Å². The average Bonchev–Trinajstić information content (AvgIpc) is 3.51. The van der Waals surface area contributed by atoms with Gasteiger partial charge in [0.05, 0.1) is 29.4 Å². The molecular formula is C25H29F4N5O. The molecule has 0 bridgehead atoms. The topological polar surface area (TPSA) is 61.4 Å². The third-order valence-corrected chi connectivity index (χ3v) is 7.76. The van der Waals surface area contributed by atoms with Gasteiger partial charge in [-0.2, -0.15) is 0 Å². The van der Waals surface area contributed by atoms with E-state index in [4.69, 9.17) is 4.98 Å². The van der Waals surface area contributed by atoms with Crippen molar-refractivity contribution >= 4 is 11.7 Å². The molecule has 3 heterocycles. The Kier molecular flexibility index (Phi) is 5.77. The molecule has 6 nitrogen and oxygen atoms in total. The molecule has 5 rings (SSSR count). The summed E-state index contributed by atoms with van der Waals surface area (Å²) in [5.41, 5.74) is -0.950. The second-order valence-corrected chi connectivity index (χ2v) is 10.2. The van der Waals surface area contributed by atoms with E-state index in [9.17, 15) is 22.4 Å². The second kappa shape index (κ2) is 8.43. The number of hydrogen-bond donors (Lipinski definition) is 1. The van der Waals surface area contributed by atoms with Crippen molar-refractivity contribution in [1.29, 1.82) is 0 Å². The van der Waals surface area contributed by atoms with Gasteiger partial charge in [0, 0.05) is 17.7 Å². The lowest BCUT2D eigenvalue weighted by Gasteiger charge is -2.44. The quantitative estimate of drug-likeness (QED) is 0.605. The molecular weight excluding hydrogens is 462 g/mol. The lowest BCUT2D eigenvalue weighted by Crippen LogP contribution is -2.57. The number of anilines is 1. The van der Waals surface area contributed by atoms with Crippen LogP contribution in [0, 0.1) is 12.7 Å². The highest BCUT2D eigenvalue weighted by Crippen LogP contribution is 2.51. The monoisotopic (exact) mass is 491 g/mol. The Balaban J connectivity index is 1.59. The summed E-state index contributed by atoms with van der Waals surface area (Å²) in [4.78, 5) is 26.8. The standard InChI is InChI=1S/C25H29F4N5O/c1-14(16-5-4-6-17(19(16)27)21(28)29)30-22-18-11-34(24(12-26)7-8-24)23(35)25(9-10-33(3)13-25)20(18)31-15(2)32-22/h4-6,14,21H,7-13H2,1-3H3,(H,30,31,32)/t14-,25?/m1/s1. The van der Waals surface area contributed by atoms with Gasteiger partial charge in [-0.05, 0) is 46.7 Å². The molecule has 1 unspecified atom stereocenters. The van der Waals surface area contributed by atoms with Crippen LogP contribution in [-0.2, 0) is 16.8 Å². The third kappa shape index (κ3) is 3.77. The maximum atomic E-state index is 14.8. The molecule has 2 atom stereocenters. The summed E-state index contributed by atoms with van der Waals surface area (Å²) in [7, 11) is 1.94. The number of aromatic nitrogens is 2. The smallest absolute Gasteiger partial charge is 0.266 e. The van der Waals surface area contributed by atoms with Crippen molar-refractivity contribution < 1.29 is 22.4 Å². The van der Waals surface area contributed by atoms with E-state index >= 15 is 0 Å². The number of likely N-dealkylation sites (tertiary alicyclic amines) is 1. The summed E-state index contributed by atoms with van der Waals surface area (Å²) in [6.07, 6.45) is -1.15. The largest absolute Gasteiger partial charge is 0.363 e. The maximum absolute atomic E-state index is 14.8. The number of alkyl halides is 3. The maximum Gasteiger partial charge on any atom is 0.266 e. The zero-order valence-electron chi connectivity index (χ0n) is 20.0. The van der Waals surface area contributed by atoms with Crippen molar-refractivity contribution in [3.63, 3.8) is 0 Å². The summed E-state index contributed by atoms with van der Waals surface area (Å²) >= 11 is 0. The van der Waals surface area contributed by atoms with Crippen molar-refractivity contribution in [3.8, 4) is 0 Å². The average molecular weight is 492 g/mol. The Morgan fingerprint density at radius 1 is 1.17 bits per heavy atom. The summed E-state index contributed by atoms with van der Waals surface area (Å²) in [5.74, 6) is -0.190. The van der Waals surface area contributed by atoms with Crippen molar-refractivity contribution in [2.45, 2.75) is 63.1 Å². The molecule has 2 fully saturated rings. The van der Waals surface area contributed by atoms with E-state index in [0.29, 0.717) is 55.3 Å². The SMILES string of the molecule is Cc1nc(N[C@H](C)c2cccc(C(F)F)c2F)c2c(n1)C1(CCN(C)C1)C(=O)N(C1(CF)CC1)C2. The predicted octanol–water partition coefficient (Wildman–Crippen LogP) is 4.45. The highest BCUT2D eigenvalue weighted by Gasteiger charge is 2.60. The van der Waals surface area contributed by atoms with Gasteiger partial charge in [-0.3, -0.25) is 4.79 Å². The van der Waals surface area contributed by atoms with Crippen LogP contribution in [0.15, 0.2) is 18.2 Å². The molecule has 1 saturated carbocycles. The molecule has 1 amide bonds. The molecule has 1 N–H and O–H groups in total. The number of halogens is 4. The van der Waals surface area contributed by atoms with E-state index in [1.54, 1.807) is 18.7 Å². The highest BCUT2D eigenvalue weighted by molar-refractivity contribution is 5.92. The van der Waals surface area contributed by atoms with Gasteiger partial charge >= 0.3 is 0 Å². The molecule has 10 heteroatoms. The fourth-order valence-electron chi connectivity index (χ4n) is 5.58. The van der Waals surface area contributed by atoms with E-state index in [2.05, 4.69) is 15.2 Å². The van der Waals surface area contributed by atoms with Gasteiger partial charge in [0.25, 0.3) is 6.43 Å². The third-order valence-electron chi connectivity index (χ3n) is 7.76. The number of nitrogens with one attached hydrogen (secondary N) is 1. The Morgan fingerprint density at radius 2 is 1.89 bits per heavy atom. The summed E-state index contributed by atoms with van der Waals surface area (Å²) in [6.45, 7) is 4.10. The van der Waals surface area contributed by atoms with Crippen molar-refractivity contribution in [1.82, 2.24) is 19.8 Å². The Bertz CT molecular complexity index is 1170. The minimum Gasteiger partial charge on any atom is -0.363 e. The van der Waals surface area contributed by atoms with E-state index in [-0.39, 0.29) is 18.0 Å².